The Hall–Kier alpha value is -4.34. The molecule has 11 nitrogen and oxygen atoms in total. The van der Waals surface area contributed by atoms with Crippen molar-refractivity contribution in [1.82, 2.24) is 19.3 Å². The van der Waals surface area contributed by atoms with Crippen LogP contribution >= 0.6 is 0 Å². The number of nitriles is 1. The smallest absolute Gasteiger partial charge is 0.328 e. The molecule has 0 radical (unpaired) electrons. The van der Waals surface area contributed by atoms with Crippen molar-refractivity contribution in [3.63, 3.8) is 0 Å². The monoisotopic (exact) mass is 469 g/mol. The summed E-state index contributed by atoms with van der Waals surface area (Å²) < 4.78 is 27.3. The van der Waals surface area contributed by atoms with E-state index in [0.717, 1.165) is 5.56 Å². The largest absolute Gasteiger partial charge is 0.478 e. The molecule has 12 heteroatoms. The van der Waals surface area contributed by atoms with Gasteiger partial charge in [-0.05, 0) is 42.9 Å². The SMILES string of the molecule is CNCc1cc(-c2cccnc2C#N)n(S(=O)(=O)c2cccnc2)c1.O=C(O)/C=C/C(=O)O. The van der Waals surface area contributed by atoms with Crippen molar-refractivity contribution < 1.29 is 28.2 Å². The number of nitrogens with zero attached hydrogens (tertiary/aromatic N) is 4. The number of carboxylic acid groups (broad SMARTS) is 2. The number of carbonyl (C=O) groups is 2. The summed E-state index contributed by atoms with van der Waals surface area (Å²) in [7, 11) is -2.08. The Morgan fingerprint density at radius 3 is 2.39 bits per heavy atom. The Balaban J connectivity index is 0.000000414. The summed E-state index contributed by atoms with van der Waals surface area (Å²) in [6.07, 6.45) is 6.97. The highest BCUT2D eigenvalue weighted by Crippen LogP contribution is 2.28. The number of hydrogen-bond donors (Lipinski definition) is 3. The van der Waals surface area contributed by atoms with Crippen LogP contribution in [0.1, 0.15) is 11.3 Å². The number of aromatic nitrogens is 3. The average Bonchev–Trinajstić information content (AvgIpc) is 3.23. The van der Waals surface area contributed by atoms with Crippen LogP contribution < -0.4 is 5.32 Å². The molecule has 0 saturated heterocycles. The van der Waals surface area contributed by atoms with Crippen molar-refractivity contribution in [3.8, 4) is 17.3 Å². The molecule has 0 aliphatic carbocycles. The molecule has 3 rings (SSSR count). The van der Waals surface area contributed by atoms with E-state index in [-0.39, 0.29) is 10.6 Å². The second kappa shape index (κ2) is 11.3. The second-order valence-corrected chi connectivity index (χ2v) is 8.09. The van der Waals surface area contributed by atoms with Gasteiger partial charge in [-0.25, -0.2) is 27.0 Å². The molecular weight excluding hydrogens is 450 g/mol. The fourth-order valence-electron chi connectivity index (χ4n) is 2.65. The maximum Gasteiger partial charge on any atom is 0.328 e. The first kappa shape index (κ1) is 24.9. The molecule has 0 spiro atoms. The van der Waals surface area contributed by atoms with E-state index in [1.165, 1.54) is 28.6 Å². The van der Waals surface area contributed by atoms with Gasteiger partial charge in [-0.2, -0.15) is 5.26 Å². The van der Waals surface area contributed by atoms with Crippen LogP contribution in [0.15, 0.2) is 72.2 Å². The van der Waals surface area contributed by atoms with Crippen LogP contribution in [-0.4, -0.2) is 51.6 Å². The van der Waals surface area contributed by atoms with E-state index in [2.05, 4.69) is 15.3 Å². The summed E-state index contributed by atoms with van der Waals surface area (Å²) in [5.74, 6) is -2.51. The molecule has 0 bridgehead atoms. The van der Waals surface area contributed by atoms with E-state index in [4.69, 9.17) is 10.2 Å². The predicted molar refractivity (Wildman–Crippen MR) is 116 cm³/mol. The summed E-state index contributed by atoms with van der Waals surface area (Å²) in [6, 6.07) is 10.1. The summed E-state index contributed by atoms with van der Waals surface area (Å²) >= 11 is 0. The van der Waals surface area contributed by atoms with E-state index < -0.39 is 22.0 Å². The van der Waals surface area contributed by atoms with Crippen LogP contribution in [0.25, 0.3) is 11.3 Å². The molecule has 3 aromatic heterocycles. The summed E-state index contributed by atoms with van der Waals surface area (Å²) in [5, 5.41) is 27.9. The van der Waals surface area contributed by atoms with Crippen molar-refractivity contribution in [2.24, 2.45) is 0 Å². The highest BCUT2D eigenvalue weighted by molar-refractivity contribution is 7.90. The Labute approximate surface area is 189 Å². The van der Waals surface area contributed by atoms with Crippen molar-refractivity contribution >= 4 is 22.0 Å². The van der Waals surface area contributed by atoms with E-state index in [0.29, 0.717) is 30.0 Å². The van der Waals surface area contributed by atoms with Crippen LogP contribution in [0.5, 0.6) is 0 Å². The number of pyridine rings is 2. The highest BCUT2D eigenvalue weighted by atomic mass is 32.2. The minimum Gasteiger partial charge on any atom is -0.478 e. The minimum atomic E-state index is -3.85. The Morgan fingerprint density at radius 2 is 1.85 bits per heavy atom. The quantitative estimate of drug-likeness (QED) is 0.430. The minimum absolute atomic E-state index is 0.0743. The van der Waals surface area contributed by atoms with Gasteiger partial charge in [0.05, 0.1) is 5.69 Å². The molecule has 0 aliphatic heterocycles. The van der Waals surface area contributed by atoms with E-state index in [1.807, 2.05) is 6.07 Å². The van der Waals surface area contributed by atoms with Crippen LogP contribution in [0.3, 0.4) is 0 Å². The lowest BCUT2D eigenvalue weighted by molar-refractivity contribution is -0.134. The second-order valence-electron chi connectivity index (χ2n) is 6.27. The first-order valence-corrected chi connectivity index (χ1v) is 10.7. The first-order chi connectivity index (χ1) is 15.7. The zero-order valence-electron chi connectivity index (χ0n) is 17.3. The number of carboxylic acids is 2. The number of aliphatic carboxylic acids is 2. The topological polar surface area (TPSA) is 175 Å². The zero-order chi connectivity index (χ0) is 24.4. The van der Waals surface area contributed by atoms with Gasteiger partial charge in [-0.15, -0.1) is 0 Å². The van der Waals surface area contributed by atoms with Gasteiger partial charge in [-0.3, -0.25) is 4.98 Å². The van der Waals surface area contributed by atoms with Crippen LogP contribution in [0.2, 0.25) is 0 Å². The fourth-order valence-corrected chi connectivity index (χ4v) is 4.01. The van der Waals surface area contributed by atoms with Gasteiger partial charge in [0.2, 0.25) is 0 Å². The van der Waals surface area contributed by atoms with E-state index in [9.17, 15) is 23.3 Å². The summed E-state index contributed by atoms with van der Waals surface area (Å²) in [6.45, 7) is 0.491. The lowest BCUT2D eigenvalue weighted by atomic mass is 10.1. The van der Waals surface area contributed by atoms with Crippen LogP contribution in [0, 0.1) is 11.3 Å². The third-order valence-corrected chi connectivity index (χ3v) is 5.63. The summed E-state index contributed by atoms with van der Waals surface area (Å²) in [5.41, 5.74) is 1.79. The number of nitrogens with one attached hydrogen (secondary N) is 1. The van der Waals surface area contributed by atoms with Gasteiger partial charge in [0.15, 0.2) is 0 Å². The van der Waals surface area contributed by atoms with E-state index in [1.54, 1.807) is 37.5 Å². The maximum absolute atomic E-state index is 13.0. The number of hydrogen-bond acceptors (Lipinski definition) is 8. The predicted octanol–water partition coefficient (Wildman–Crippen LogP) is 1.48. The highest BCUT2D eigenvalue weighted by Gasteiger charge is 2.23. The molecule has 0 unspecified atom stereocenters. The Kier molecular flexibility index (Phi) is 8.56. The molecule has 0 saturated carbocycles. The Morgan fingerprint density at radius 1 is 1.18 bits per heavy atom. The number of rotatable bonds is 7. The molecule has 3 heterocycles. The molecule has 0 aromatic carbocycles. The van der Waals surface area contributed by atoms with Gasteiger partial charge >= 0.3 is 11.9 Å². The van der Waals surface area contributed by atoms with Gasteiger partial charge in [-0.1, -0.05) is 0 Å². The standard InChI is InChI=1S/C17H15N5O2S.C4H4O4/c1-19-10-13-8-17(15-5-3-7-21-16(15)9-18)22(12-13)25(23,24)14-4-2-6-20-11-14;5-3(6)1-2-4(7)8/h2-8,11-12,19H,10H2,1H3;1-2H,(H,5,6)(H,7,8)/b;2-1+. The molecule has 170 valence electrons. The van der Waals surface area contributed by atoms with E-state index >= 15 is 0 Å². The van der Waals surface area contributed by atoms with Crippen molar-refractivity contribution in [1.29, 1.82) is 5.26 Å². The fraction of sp³-hybridized carbons (Fsp3) is 0.0952. The van der Waals surface area contributed by atoms with Crippen LogP contribution in [-0.2, 0) is 26.2 Å². The lowest BCUT2D eigenvalue weighted by Gasteiger charge is -2.10. The molecule has 0 atom stereocenters. The van der Waals surface area contributed by atoms with Crippen LogP contribution in [0.4, 0.5) is 0 Å². The molecule has 0 amide bonds. The molecule has 0 fully saturated rings. The van der Waals surface area contributed by atoms with Crippen molar-refractivity contribution in [2.75, 3.05) is 7.05 Å². The molecule has 0 aliphatic rings. The van der Waals surface area contributed by atoms with Crippen molar-refractivity contribution in [2.45, 2.75) is 11.4 Å². The lowest BCUT2D eigenvalue weighted by Crippen LogP contribution is -2.14. The molecule has 33 heavy (non-hydrogen) atoms. The van der Waals surface area contributed by atoms with Gasteiger partial charge in [0.25, 0.3) is 10.0 Å². The third kappa shape index (κ3) is 6.57. The van der Waals surface area contributed by atoms with Crippen molar-refractivity contribution in [3.05, 3.63) is 78.5 Å². The Bertz CT molecular complexity index is 1290. The molecule has 3 N–H and O–H groups in total. The zero-order valence-corrected chi connectivity index (χ0v) is 18.1. The summed E-state index contributed by atoms with van der Waals surface area (Å²) in [4.78, 5) is 27.1. The normalized spacial score (nSPS) is 10.8. The average molecular weight is 469 g/mol. The van der Waals surface area contributed by atoms with Gasteiger partial charge < -0.3 is 15.5 Å². The van der Waals surface area contributed by atoms with Gasteiger partial charge in [0.1, 0.15) is 16.7 Å². The van der Waals surface area contributed by atoms with Gasteiger partial charge in [0, 0.05) is 49.0 Å². The molecular formula is C21H19N5O6S. The maximum atomic E-state index is 13.0. The third-order valence-electron chi connectivity index (χ3n) is 3.97. The molecule has 3 aromatic rings. The first-order valence-electron chi connectivity index (χ1n) is 9.21.